The molecule has 3 rings (SSSR count). The summed E-state index contributed by atoms with van der Waals surface area (Å²) in [5.74, 6) is 0.823. The number of para-hydroxylation sites is 1. The van der Waals surface area contributed by atoms with Gasteiger partial charge >= 0.3 is 0 Å². The summed E-state index contributed by atoms with van der Waals surface area (Å²) >= 11 is 5.10. The van der Waals surface area contributed by atoms with E-state index in [4.69, 9.17) is 21.7 Å². The zero-order valence-corrected chi connectivity index (χ0v) is 14.3. The lowest BCUT2D eigenvalue weighted by molar-refractivity contribution is 0.277. The van der Waals surface area contributed by atoms with Gasteiger partial charge in [-0.1, -0.05) is 30.3 Å². The first kappa shape index (κ1) is 17.0. The first-order valence-electron chi connectivity index (χ1n) is 7.57. The Morgan fingerprint density at radius 1 is 1.20 bits per heavy atom. The average Bonchev–Trinajstić information content (AvgIpc) is 3.04. The number of nitrogens with one attached hydrogen (secondary N) is 2. The quantitative estimate of drug-likeness (QED) is 0.632. The van der Waals surface area contributed by atoms with Crippen LogP contribution in [0.25, 0.3) is 0 Å². The van der Waals surface area contributed by atoms with Crippen LogP contribution >= 0.6 is 12.2 Å². The monoisotopic (exact) mass is 360 g/mol. The molecule has 6 nitrogen and oxygen atoms in total. The smallest absolute Gasteiger partial charge is 0.214 e. The molecule has 1 aromatic heterocycles. The van der Waals surface area contributed by atoms with Gasteiger partial charge in [0.25, 0.3) is 0 Å². The largest absolute Gasteiger partial charge is 0.493 e. The Hall–Kier alpha value is -2.87. The third-order valence-electron chi connectivity index (χ3n) is 3.60. The maximum Gasteiger partial charge on any atom is 0.214 e. The summed E-state index contributed by atoms with van der Waals surface area (Å²) in [6.07, 6.45) is 1.54. The highest BCUT2D eigenvalue weighted by molar-refractivity contribution is 7.71. The highest BCUT2D eigenvalue weighted by Gasteiger charge is 2.12. The van der Waals surface area contributed by atoms with Gasteiger partial charge in [-0.15, -0.1) is 0 Å². The van der Waals surface area contributed by atoms with E-state index in [0.717, 1.165) is 5.56 Å². The van der Waals surface area contributed by atoms with Gasteiger partial charge in [0, 0.05) is 11.1 Å². The van der Waals surface area contributed by atoms with E-state index in [1.54, 1.807) is 42.4 Å². The van der Waals surface area contributed by atoms with Crippen LogP contribution in [0.1, 0.15) is 11.1 Å². The number of halogens is 1. The van der Waals surface area contributed by atoms with E-state index in [1.807, 2.05) is 12.1 Å². The van der Waals surface area contributed by atoms with Gasteiger partial charge in [-0.2, -0.15) is 5.10 Å². The van der Waals surface area contributed by atoms with Crippen LogP contribution in [-0.4, -0.2) is 22.0 Å². The molecular weight excluding hydrogens is 343 g/mol. The minimum absolute atomic E-state index is 0.102. The third kappa shape index (κ3) is 3.97. The van der Waals surface area contributed by atoms with Gasteiger partial charge in [0.05, 0.1) is 13.7 Å². The Labute approximate surface area is 149 Å². The number of benzene rings is 2. The molecule has 0 saturated carbocycles. The third-order valence-corrected chi connectivity index (χ3v) is 3.89. The van der Waals surface area contributed by atoms with Gasteiger partial charge in [-0.25, -0.2) is 9.07 Å². The molecule has 130 valence electrons. The number of rotatable bonds is 7. The Balaban J connectivity index is 1.80. The summed E-state index contributed by atoms with van der Waals surface area (Å²) in [4.78, 5) is 0. The number of methoxy groups -OCH3 is 1. The first-order valence-corrected chi connectivity index (χ1v) is 7.98. The zero-order chi connectivity index (χ0) is 17.6. The lowest BCUT2D eigenvalue weighted by Crippen LogP contribution is -2.14. The second kappa shape index (κ2) is 7.80. The van der Waals surface area contributed by atoms with Gasteiger partial charge in [0.2, 0.25) is 4.77 Å². The van der Waals surface area contributed by atoms with Crippen LogP contribution in [0.15, 0.2) is 48.8 Å². The molecule has 2 aromatic carbocycles. The maximum absolute atomic E-state index is 13.8. The van der Waals surface area contributed by atoms with Crippen molar-refractivity contribution in [3.8, 4) is 11.5 Å². The van der Waals surface area contributed by atoms with Crippen molar-refractivity contribution in [1.82, 2.24) is 14.9 Å². The molecule has 0 saturated heterocycles. The topological polar surface area (TPSA) is 64.1 Å². The molecule has 0 radical (unpaired) electrons. The Morgan fingerprint density at radius 2 is 2.00 bits per heavy atom. The standard InChI is InChI=1S/C17H17FN4O2S/c1-23-15-8-4-6-12(9-20-22-11-19-21-17(22)25)16(15)24-10-13-5-2-3-7-14(13)18/h2-8,11,20H,9-10H2,1H3,(H,21,25). The van der Waals surface area contributed by atoms with Gasteiger partial charge in [0.1, 0.15) is 18.8 Å². The lowest BCUT2D eigenvalue weighted by Gasteiger charge is -2.16. The van der Waals surface area contributed by atoms with Crippen molar-refractivity contribution in [3.05, 3.63) is 70.5 Å². The summed E-state index contributed by atoms with van der Waals surface area (Å²) < 4.78 is 27.1. The molecule has 0 spiro atoms. The Bertz CT molecular complexity index is 909. The minimum Gasteiger partial charge on any atom is -0.493 e. The predicted molar refractivity (Wildman–Crippen MR) is 94.2 cm³/mol. The molecule has 0 aliphatic heterocycles. The molecule has 0 unspecified atom stereocenters. The van der Waals surface area contributed by atoms with Crippen molar-refractivity contribution >= 4 is 12.2 Å². The molecule has 0 bridgehead atoms. The van der Waals surface area contributed by atoms with Crippen LogP contribution in [0.3, 0.4) is 0 Å². The number of aromatic nitrogens is 3. The molecule has 1 heterocycles. The second-order valence-corrected chi connectivity index (χ2v) is 5.58. The Kier molecular flexibility index (Phi) is 5.30. The molecular formula is C17H17FN4O2S. The fourth-order valence-electron chi connectivity index (χ4n) is 2.32. The molecule has 0 aliphatic carbocycles. The highest BCUT2D eigenvalue weighted by Crippen LogP contribution is 2.32. The van der Waals surface area contributed by atoms with E-state index in [-0.39, 0.29) is 12.4 Å². The number of aromatic amines is 1. The fourth-order valence-corrected chi connectivity index (χ4v) is 2.49. The van der Waals surface area contributed by atoms with Crippen molar-refractivity contribution in [2.45, 2.75) is 13.2 Å². The minimum atomic E-state index is -0.304. The number of hydrogen-bond donors (Lipinski definition) is 2. The van der Waals surface area contributed by atoms with Gasteiger partial charge < -0.3 is 14.9 Å². The van der Waals surface area contributed by atoms with E-state index in [2.05, 4.69) is 15.6 Å². The molecule has 2 N–H and O–H groups in total. The molecule has 0 fully saturated rings. The summed E-state index contributed by atoms with van der Waals surface area (Å²) in [5, 5.41) is 6.51. The SMILES string of the molecule is COc1cccc(CNn2cn[nH]c2=S)c1OCc1ccccc1F. The zero-order valence-electron chi connectivity index (χ0n) is 13.5. The van der Waals surface area contributed by atoms with Crippen molar-refractivity contribution in [3.63, 3.8) is 0 Å². The van der Waals surface area contributed by atoms with Gasteiger partial charge in [0.15, 0.2) is 11.5 Å². The van der Waals surface area contributed by atoms with Gasteiger partial charge in [-0.3, -0.25) is 5.10 Å². The summed E-state index contributed by atoms with van der Waals surface area (Å²) in [5.41, 5.74) is 4.44. The van der Waals surface area contributed by atoms with E-state index in [9.17, 15) is 4.39 Å². The second-order valence-electron chi connectivity index (χ2n) is 5.20. The van der Waals surface area contributed by atoms with Crippen LogP contribution in [0.4, 0.5) is 4.39 Å². The number of ether oxygens (including phenoxy) is 2. The Morgan fingerprint density at radius 3 is 2.72 bits per heavy atom. The molecule has 25 heavy (non-hydrogen) atoms. The fraction of sp³-hybridized carbons (Fsp3) is 0.176. The van der Waals surface area contributed by atoms with Crippen LogP contribution < -0.4 is 14.9 Å². The highest BCUT2D eigenvalue weighted by atomic mass is 32.1. The van der Waals surface area contributed by atoms with Crippen molar-refractivity contribution in [1.29, 1.82) is 0 Å². The van der Waals surface area contributed by atoms with E-state index in [1.165, 1.54) is 6.07 Å². The first-order chi connectivity index (χ1) is 12.2. The van der Waals surface area contributed by atoms with Crippen molar-refractivity contribution in [2.75, 3.05) is 12.5 Å². The van der Waals surface area contributed by atoms with E-state index in [0.29, 0.717) is 28.4 Å². The molecule has 3 aromatic rings. The van der Waals surface area contributed by atoms with Crippen molar-refractivity contribution < 1.29 is 13.9 Å². The van der Waals surface area contributed by atoms with Crippen molar-refractivity contribution in [2.24, 2.45) is 0 Å². The molecule has 0 amide bonds. The number of H-pyrrole nitrogens is 1. The normalized spacial score (nSPS) is 10.5. The molecule has 0 aliphatic rings. The maximum atomic E-state index is 13.8. The number of nitrogens with zero attached hydrogens (tertiary/aromatic N) is 2. The summed E-state index contributed by atoms with van der Waals surface area (Å²) in [6, 6.07) is 12.1. The average molecular weight is 360 g/mol. The van der Waals surface area contributed by atoms with Crippen LogP contribution in [-0.2, 0) is 13.2 Å². The van der Waals surface area contributed by atoms with E-state index >= 15 is 0 Å². The summed E-state index contributed by atoms with van der Waals surface area (Å²) in [7, 11) is 1.56. The van der Waals surface area contributed by atoms with Crippen LogP contribution in [0, 0.1) is 10.6 Å². The molecule has 0 atom stereocenters. The van der Waals surface area contributed by atoms with Crippen LogP contribution in [0.5, 0.6) is 11.5 Å². The molecule has 8 heteroatoms. The van der Waals surface area contributed by atoms with Crippen LogP contribution in [0.2, 0.25) is 0 Å². The lowest BCUT2D eigenvalue weighted by atomic mass is 10.2. The number of hydrogen-bond acceptors (Lipinski definition) is 5. The summed E-state index contributed by atoms with van der Waals surface area (Å²) in [6.45, 7) is 0.531. The predicted octanol–water partition coefficient (Wildman–Crippen LogP) is 3.41. The van der Waals surface area contributed by atoms with Gasteiger partial charge in [-0.05, 0) is 24.4 Å². The van der Waals surface area contributed by atoms with E-state index < -0.39 is 0 Å².